The average molecular weight is 294 g/mol. The minimum Gasteiger partial charge on any atom is -0.444 e. The first-order chi connectivity index (χ1) is 9.85. The number of hydrogen-bond donors (Lipinski definition) is 1. The average Bonchev–Trinajstić information content (AvgIpc) is 2.87. The van der Waals surface area contributed by atoms with Gasteiger partial charge in [0, 0.05) is 19.1 Å². The monoisotopic (exact) mass is 294 g/mol. The molecule has 1 aliphatic carbocycles. The van der Waals surface area contributed by atoms with E-state index in [0.29, 0.717) is 19.5 Å². The Hall–Kier alpha value is -1.52. The quantitative estimate of drug-likeness (QED) is 0.796. The van der Waals surface area contributed by atoms with Gasteiger partial charge in [0.1, 0.15) is 5.60 Å². The van der Waals surface area contributed by atoms with Crippen molar-refractivity contribution in [1.29, 1.82) is 0 Å². The van der Waals surface area contributed by atoms with Gasteiger partial charge in [-0.3, -0.25) is 4.79 Å². The van der Waals surface area contributed by atoms with E-state index >= 15 is 0 Å². The summed E-state index contributed by atoms with van der Waals surface area (Å²) in [5, 5.41) is 3.10. The molecule has 5 heteroatoms. The predicted molar refractivity (Wildman–Crippen MR) is 80.8 cm³/mol. The summed E-state index contributed by atoms with van der Waals surface area (Å²) in [7, 11) is 0. The van der Waals surface area contributed by atoms with E-state index in [1.807, 2.05) is 20.8 Å². The topological polar surface area (TPSA) is 58.6 Å². The number of likely N-dealkylation sites (tertiary alicyclic amines) is 1. The van der Waals surface area contributed by atoms with Gasteiger partial charge in [-0.25, -0.2) is 4.79 Å². The Morgan fingerprint density at radius 2 is 2.00 bits per heavy atom. The number of allylic oxidation sites excluding steroid dienone is 1. The standard InChI is InChI=1S/C16H26N2O3/c1-16(2,3)21-15(20)18-10-9-12(11-18)14(19)17-13-7-5-4-6-8-13/h4-5,12-13H,6-11H2,1-3H3,(H,17,19)/t12-,13-/m0/s1. The number of carbonyl (C=O) groups excluding carboxylic acids is 2. The molecule has 0 spiro atoms. The van der Waals surface area contributed by atoms with Gasteiger partial charge in [-0.15, -0.1) is 0 Å². The van der Waals surface area contributed by atoms with Crippen LogP contribution < -0.4 is 5.32 Å². The second-order valence-electron chi connectivity index (χ2n) is 6.90. The van der Waals surface area contributed by atoms with Crippen molar-refractivity contribution < 1.29 is 14.3 Å². The summed E-state index contributed by atoms with van der Waals surface area (Å²) in [5.41, 5.74) is -0.494. The molecule has 0 aromatic rings. The molecule has 0 aromatic heterocycles. The van der Waals surface area contributed by atoms with Crippen LogP contribution in [0, 0.1) is 5.92 Å². The molecule has 1 heterocycles. The molecule has 0 bridgehead atoms. The van der Waals surface area contributed by atoms with E-state index in [2.05, 4.69) is 17.5 Å². The van der Waals surface area contributed by atoms with E-state index < -0.39 is 5.60 Å². The summed E-state index contributed by atoms with van der Waals surface area (Å²) < 4.78 is 5.35. The number of ether oxygens (including phenoxy) is 1. The van der Waals surface area contributed by atoms with Crippen molar-refractivity contribution in [2.75, 3.05) is 13.1 Å². The number of rotatable bonds is 2. The first kappa shape index (κ1) is 15.9. The molecule has 1 aliphatic heterocycles. The van der Waals surface area contributed by atoms with Gasteiger partial charge < -0.3 is 15.0 Å². The molecule has 5 nitrogen and oxygen atoms in total. The summed E-state index contributed by atoms with van der Waals surface area (Å²) in [5.74, 6) is -0.0372. The zero-order valence-corrected chi connectivity index (χ0v) is 13.2. The molecule has 1 fully saturated rings. The first-order valence-electron chi connectivity index (χ1n) is 7.78. The smallest absolute Gasteiger partial charge is 0.410 e. The van der Waals surface area contributed by atoms with E-state index in [1.165, 1.54) is 0 Å². The van der Waals surface area contributed by atoms with Gasteiger partial charge in [-0.2, -0.15) is 0 Å². The molecule has 21 heavy (non-hydrogen) atoms. The highest BCUT2D eigenvalue weighted by Crippen LogP contribution is 2.20. The fraction of sp³-hybridized carbons (Fsp3) is 0.750. The third-order valence-corrected chi connectivity index (χ3v) is 3.83. The minimum absolute atomic E-state index is 0.0707. The molecule has 0 unspecified atom stereocenters. The fourth-order valence-electron chi connectivity index (χ4n) is 2.71. The van der Waals surface area contributed by atoms with Crippen LogP contribution in [0.4, 0.5) is 4.79 Å². The summed E-state index contributed by atoms with van der Waals surface area (Å²) in [6.07, 6.45) is 7.61. The molecule has 1 N–H and O–H groups in total. The number of carbonyl (C=O) groups is 2. The number of amides is 2. The van der Waals surface area contributed by atoms with Crippen LogP contribution in [0.5, 0.6) is 0 Å². The normalized spacial score (nSPS) is 25.8. The highest BCUT2D eigenvalue weighted by Gasteiger charge is 2.34. The Bertz CT molecular complexity index is 426. The van der Waals surface area contributed by atoms with Crippen molar-refractivity contribution in [2.24, 2.45) is 5.92 Å². The molecule has 0 saturated carbocycles. The molecule has 0 radical (unpaired) electrons. The maximum Gasteiger partial charge on any atom is 0.410 e. The van der Waals surface area contributed by atoms with Crippen molar-refractivity contribution in [2.45, 2.75) is 58.1 Å². The molecule has 2 atom stereocenters. The number of nitrogens with zero attached hydrogens (tertiary/aromatic N) is 1. The maximum atomic E-state index is 12.3. The first-order valence-corrected chi connectivity index (χ1v) is 7.78. The van der Waals surface area contributed by atoms with E-state index in [9.17, 15) is 9.59 Å². The highest BCUT2D eigenvalue weighted by molar-refractivity contribution is 5.80. The molecular weight excluding hydrogens is 268 g/mol. The zero-order valence-electron chi connectivity index (χ0n) is 13.2. The highest BCUT2D eigenvalue weighted by atomic mass is 16.6. The van der Waals surface area contributed by atoms with Gasteiger partial charge in [0.2, 0.25) is 5.91 Å². The Balaban J connectivity index is 1.80. The third-order valence-electron chi connectivity index (χ3n) is 3.83. The SMILES string of the molecule is CC(C)(C)OC(=O)N1CC[C@H](C(=O)N[C@H]2CC=CCC2)C1. The van der Waals surface area contributed by atoms with Crippen LogP contribution in [0.25, 0.3) is 0 Å². The van der Waals surface area contributed by atoms with Gasteiger partial charge in [0.25, 0.3) is 0 Å². The zero-order chi connectivity index (χ0) is 15.5. The van der Waals surface area contributed by atoms with Crippen LogP contribution in [-0.2, 0) is 9.53 Å². The Labute approximate surface area is 126 Å². The molecule has 1 saturated heterocycles. The summed E-state index contributed by atoms with van der Waals surface area (Å²) in [6.45, 7) is 6.60. The molecular formula is C16H26N2O3. The van der Waals surface area contributed by atoms with E-state index in [1.54, 1.807) is 4.90 Å². The van der Waals surface area contributed by atoms with Gasteiger partial charge in [0.05, 0.1) is 5.92 Å². The van der Waals surface area contributed by atoms with Crippen molar-refractivity contribution in [3.05, 3.63) is 12.2 Å². The lowest BCUT2D eigenvalue weighted by atomic mass is 10.0. The summed E-state index contributed by atoms with van der Waals surface area (Å²) in [6, 6.07) is 0.248. The van der Waals surface area contributed by atoms with Crippen molar-refractivity contribution in [3.8, 4) is 0 Å². The van der Waals surface area contributed by atoms with Crippen LogP contribution in [0.15, 0.2) is 12.2 Å². The van der Waals surface area contributed by atoms with Crippen LogP contribution in [0.1, 0.15) is 46.5 Å². The molecule has 2 aliphatic rings. The van der Waals surface area contributed by atoms with E-state index in [4.69, 9.17) is 4.74 Å². The fourth-order valence-corrected chi connectivity index (χ4v) is 2.71. The van der Waals surface area contributed by atoms with Crippen LogP contribution in [-0.4, -0.2) is 41.6 Å². The van der Waals surface area contributed by atoms with Crippen LogP contribution in [0.2, 0.25) is 0 Å². The van der Waals surface area contributed by atoms with Crippen LogP contribution >= 0.6 is 0 Å². The van der Waals surface area contributed by atoms with Gasteiger partial charge in [-0.05, 0) is 46.5 Å². The Morgan fingerprint density at radius 3 is 2.62 bits per heavy atom. The second kappa shape index (κ2) is 6.50. The number of nitrogens with one attached hydrogen (secondary N) is 1. The predicted octanol–water partition coefficient (Wildman–Crippen LogP) is 2.47. The van der Waals surface area contributed by atoms with Crippen molar-refractivity contribution in [3.63, 3.8) is 0 Å². The lowest BCUT2D eigenvalue weighted by molar-refractivity contribution is -0.125. The maximum absolute atomic E-state index is 12.3. The van der Waals surface area contributed by atoms with Gasteiger partial charge in [0.15, 0.2) is 0 Å². The summed E-state index contributed by atoms with van der Waals surface area (Å²) in [4.78, 5) is 25.9. The Kier molecular flexibility index (Phi) is 4.91. The van der Waals surface area contributed by atoms with Gasteiger partial charge in [-0.1, -0.05) is 12.2 Å². The molecule has 0 aromatic carbocycles. The second-order valence-corrected chi connectivity index (χ2v) is 6.90. The van der Waals surface area contributed by atoms with E-state index in [-0.39, 0.29) is 24.0 Å². The summed E-state index contributed by atoms with van der Waals surface area (Å²) >= 11 is 0. The largest absolute Gasteiger partial charge is 0.444 e. The van der Waals surface area contributed by atoms with Gasteiger partial charge >= 0.3 is 6.09 Å². The number of hydrogen-bond acceptors (Lipinski definition) is 3. The third kappa shape index (κ3) is 4.76. The van der Waals surface area contributed by atoms with E-state index in [0.717, 1.165) is 19.3 Å². The van der Waals surface area contributed by atoms with Crippen molar-refractivity contribution >= 4 is 12.0 Å². The molecule has 118 valence electrons. The minimum atomic E-state index is -0.494. The van der Waals surface area contributed by atoms with Crippen molar-refractivity contribution in [1.82, 2.24) is 10.2 Å². The van der Waals surface area contributed by atoms with Crippen LogP contribution in [0.3, 0.4) is 0 Å². The molecule has 2 rings (SSSR count). The lowest BCUT2D eigenvalue weighted by Gasteiger charge is -2.24. The lowest BCUT2D eigenvalue weighted by Crippen LogP contribution is -2.41. The molecule has 2 amide bonds. The Morgan fingerprint density at radius 1 is 1.24 bits per heavy atom.